The van der Waals surface area contributed by atoms with Gasteiger partial charge in [-0.15, -0.1) is 0 Å². The van der Waals surface area contributed by atoms with Crippen LogP contribution in [0.15, 0.2) is 121 Å². The Kier molecular flexibility index (Phi) is 9.06. The van der Waals surface area contributed by atoms with Crippen molar-refractivity contribution in [3.8, 4) is 56.3 Å². The van der Waals surface area contributed by atoms with Crippen LogP contribution < -0.4 is 0 Å². The van der Waals surface area contributed by atoms with E-state index in [0.717, 1.165) is 50.2 Å². The Hall–Kier alpha value is -5.99. The van der Waals surface area contributed by atoms with Crippen molar-refractivity contribution >= 4 is 16.7 Å². The summed E-state index contributed by atoms with van der Waals surface area (Å²) < 4.78 is 2.09. The topological polar surface area (TPSA) is 55.3 Å². The Morgan fingerprint density at radius 1 is 0.574 bits per heavy atom. The van der Waals surface area contributed by atoms with E-state index in [0.29, 0.717) is 17.1 Å². The maximum atomic E-state index is 11.3. The minimum atomic E-state index is -0.139. The number of hydrogen-bond acceptors (Lipinski definition) is 3. The number of phenols is 1. The second kappa shape index (κ2) is 13.5. The summed E-state index contributed by atoms with van der Waals surface area (Å²) in [6.07, 6.45) is 1.84. The minimum absolute atomic E-state index is 0.0679. The molecule has 0 amide bonds. The lowest BCUT2D eigenvalue weighted by Crippen LogP contribution is -2.16. The van der Waals surface area contributed by atoms with Crippen molar-refractivity contribution in [1.82, 2.24) is 14.5 Å². The summed E-state index contributed by atoms with van der Waals surface area (Å²) in [5, 5.41) is 11.3. The van der Waals surface area contributed by atoms with Gasteiger partial charge in [0.25, 0.3) is 0 Å². The van der Waals surface area contributed by atoms with E-state index < -0.39 is 0 Å². The third-order valence-corrected chi connectivity index (χ3v) is 10.2. The smallest absolute Gasteiger partial charge is 0.189 e. The van der Waals surface area contributed by atoms with Crippen LogP contribution in [0.4, 0.5) is 5.69 Å². The Labute approximate surface area is 319 Å². The van der Waals surface area contributed by atoms with Crippen molar-refractivity contribution < 1.29 is 5.11 Å². The van der Waals surface area contributed by atoms with E-state index in [1.54, 1.807) is 6.07 Å². The summed E-state index contributed by atoms with van der Waals surface area (Å²) in [5.74, 6) is 0.733. The summed E-state index contributed by atoms with van der Waals surface area (Å²) in [7, 11) is 0. The lowest BCUT2D eigenvalue weighted by atomic mass is 9.78. The minimum Gasteiger partial charge on any atom is -0.507 e. The zero-order valence-corrected chi connectivity index (χ0v) is 32.8. The number of imidazole rings is 1. The van der Waals surface area contributed by atoms with Crippen LogP contribution in [-0.4, -0.2) is 19.6 Å². The predicted molar refractivity (Wildman–Crippen MR) is 225 cm³/mol. The highest BCUT2D eigenvalue weighted by atomic mass is 16.3. The first-order valence-electron chi connectivity index (χ1n) is 18.6. The van der Waals surface area contributed by atoms with Crippen molar-refractivity contribution in [3.05, 3.63) is 150 Å². The fourth-order valence-corrected chi connectivity index (χ4v) is 6.93. The van der Waals surface area contributed by atoms with Crippen LogP contribution in [0.1, 0.15) is 79.0 Å². The van der Waals surface area contributed by atoms with Crippen LogP contribution in [0, 0.1) is 6.57 Å². The summed E-state index contributed by atoms with van der Waals surface area (Å²) in [6.45, 7) is 28.1. The Morgan fingerprint density at radius 2 is 1.19 bits per heavy atom. The molecule has 0 aliphatic heterocycles. The molecule has 7 rings (SSSR count). The molecule has 2 aromatic heterocycles. The van der Waals surface area contributed by atoms with E-state index in [9.17, 15) is 5.11 Å². The third kappa shape index (κ3) is 7.05. The van der Waals surface area contributed by atoms with Gasteiger partial charge in [0.2, 0.25) is 0 Å². The molecule has 54 heavy (non-hydrogen) atoms. The predicted octanol–water partition coefficient (Wildman–Crippen LogP) is 13.2. The van der Waals surface area contributed by atoms with Gasteiger partial charge >= 0.3 is 0 Å². The lowest BCUT2D eigenvalue weighted by Gasteiger charge is -2.26. The van der Waals surface area contributed by atoms with E-state index in [-0.39, 0.29) is 22.0 Å². The van der Waals surface area contributed by atoms with Gasteiger partial charge in [-0.3, -0.25) is 9.55 Å². The normalized spacial score (nSPS) is 12.2. The van der Waals surface area contributed by atoms with Crippen molar-refractivity contribution in [1.29, 1.82) is 0 Å². The fraction of sp³-hybridized carbons (Fsp3) is 0.245. The molecule has 0 bridgehead atoms. The molecule has 1 N–H and O–H groups in total. The van der Waals surface area contributed by atoms with Crippen LogP contribution >= 0.6 is 0 Å². The molecule has 0 aliphatic carbocycles. The van der Waals surface area contributed by atoms with Gasteiger partial charge in [0.1, 0.15) is 11.6 Å². The summed E-state index contributed by atoms with van der Waals surface area (Å²) in [6, 6.07) is 39.2. The zero-order valence-electron chi connectivity index (χ0n) is 32.8. The number of para-hydroxylation sites is 1. The van der Waals surface area contributed by atoms with Crippen LogP contribution in [-0.2, 0) is 16.2 Å². The molecule has 7 aromatic rings. The Balaban J connectivity index is 1.66. The number of phenolic OH excluding ortho intramolecular Hbond substituents is 1. The second-order valence-corrected chi connectivity index (χ2v) is 17.4. The van der Waals surface area contributed by atoms with Gasteiger partial charge < -0.3 is 5.11 Å². The molecular formula is C49H48N4O. The zero-order chi connectivity index (χ0) is 38.6. The SMILES string of the molecule is [C-]#[N+]c1cccc(-n2c(-c3ccccc3O)nc3c(-c4cc(-c5ccccn5)cc(C(C)(C)C)c4)cc(-c4cc(C(C)(C)C)cc(C(C)(C)C)c4)cc32)c1. The molecule has 5 aromatic carbocycles. The number of pyridine rings is 1. The average Bonchev–Trinajstić information content (AvgIpc) is 3.53. The lowest BCUT2D eigenvalue weighted by molar-refractivity contribution is 0.477. The molecule has 0 saturated heterocycles. The summed E-state index contributed by atoms with van der Waals surface area (Å²) in [4.78, 5) is 13.9. The molecule has 0 spiro atoms. The number of rotatable bonds is 5. The molecular weight excluding hydrogens is 661 g/mol. The van der Waals surface area contributed by atoms with Crippen LogP contribution in [0.5, 0.6) is 5.75 Å². The molecule has 5 nitrogen and oxygen atoms in total. The van der Waals surface area contributed by atoms with Gasteiger partial charge in [0, 0.05) is 23.0 Å². The first kappa shape index (κ1) is 36.4. The van der Waals surface area contributed by atoms with E-state index in [4.69, 9.17) is 16.5 Å². The number of aromatic hydroxyl groups is 1. The first-order chi connectivity index (χ1) is 25.5. The maximum Gasteiger partial charge on any atom is 0.189 e. The second-order valence-electron chi connectivity index (χ2n) is 17.4. The largest absolute Gasteiger partial charge is 0.507 e. The van der Waals surface area contributed by atoms with Crippen molar-refractivity contribution in [3.63, 3.8) is 0 Å². The number of hydrogen-bond donors (Lipinski definition) is 1. The number of benzene rings is 5. The van der Waals surface area contributed by atoms with E-state index in [2.05, 4.69) is 126 Å². The molecule has 0 atom stereocenters. The maximum absolute atomic E-state index is 11.3. The molecule has 0 aliphatic rings. The highest BCUT2D eigenvalue weighted by molar-refractivity contribution is 6.00. The summed E-state index contributed by atoms with van der Waals surface area (Å²) >= 11 is 0. The van der Waals surface area contributed by atoms with Crippen molar-refractivity contribution in [2.75, 3.05) is 0 Å². The molecule has 270 valence electrons. The molecule has 0 fully saturated rings. The highest BCUT2D eigenvalue weighted by Gasteiger charge is 2.25. The van der Waals surface area contributed by atoms with E-state index in [1.165, 1.54) is 16.7 Å². The monoisotopic (exact) mass is 708 g/mol. The van der Waals surface area contributed by atoms with Gasteiger partial charge in [0.05, 0.1) is 28.9 Å². The molecule has 5 heteroatoms. The van der Waals surface area contributed by atoms with Crippen LogP contribution in [0.25, 0.3) is 66.5 Å². The van der Waals surface area contributed by atoms with E-state index >= 15 is 0 Å². The summed E-state index contributed by atoms with van der Waals surface area (Å²) in [5.41, 5.74) is 13.2. The Bertz CT molecular complexity index is 2540. The van der Waals surface area contributed by atoms with Gasteiger partial charge in [-0.2, -0.15) is 0 Å². The first-order valence-corrected chi connectivity index (χ1v) is 18.6. The van der Waals surface area contributed by atoms with Gasteiger partial charge in [-0.1, -0.05) is 117 Å². The standard InChI is InChI=1S/C49H48N4O/c1-47(2,3)35-25-33(22-34(26-35)42-19-13-14-21-51-42)41-27-32(31-23-36(48(4,5)6)29-37(24-31)49(7,8)9)28-43-45(41)52-46(40-18-11-12-20-44(40)54)53(43)39-17-15-16-38(30-39)50-10/h11-30,54H,1-9H3. The average molecular weight is 709 g/mol. The Morgan fingerprint density at radius 3 is 1.81 bits per heavy atom. The molecule has 2 heterocycles. The van der Waals surface area contributed by atoms with Crippen molar-refractivity contribution in [2.45, 2.75) is 78.6 Å². The van der Waals surface area contributed by atoms with Crippen molar-refractivity contribution in [2.24, 2.45) is 0 Å². The van der Waals surface area contributed by atoms with E-state index in [1.807, 2.05) is 60.8 Å². The highest BCUT2D eigenvalue weighted by Crippen LogP contribution is 2.43. The molecule has 0 radical (unpaired) electrons. The number of aromatic nitrogens is 3. The number of fused-ring (bicyclic) bond motifs is 1. The van der Waals surface area contributed by atoms with Gasteiger partial charge in [0.15, 0.2) is 5.69 Å². The quantitative estimate of drug-likeness (QED) is 0.181. The molecule has 0 unspecified atom stereocenters. The number of nitrogens with zero attached hydrogens (tertiary/aromatic N) is 4. The van der Waals surface area contributed by atoms with Gasteiger partial charge in [-0.25, -0.2) is 9.83 Å². The van der Waals surface area contributed by atoms with Crippen LogP contribution in [0.2, 0.25) is 0 Å². The van der Waals surface area contributed by atoms with Gasteiger partial charge in [-0.05, 0) is 110 Å². The third-order valence-electron chi connectivity index (χ3n) is 10.2. The molecule has 0 saturated carbocycles. The fourth-order valence-electron chi connectivity index (χ4n) is 6.93. The van der Waals surface area contributed by atoms with Crippen LogP contribution in [0.3, 0.4) is 0 Å².